The van der Waals surface area contributed by atoms with Gasteiger partial charge in [0.1, 0.15) is 0 Å². The Balaban J connectivity index is 2.00. The smallest absolute Gasteiger partial charge is 0.279 e. The van der Waals surface area contributed by atoms with E-state index in [-0.39, 0.29) is 5.91 Å². The maximum absolute atomic E-state index is 12.2. The van der Waals surface area contributed by atoms with Crippen molar-refractivity contribution in [2.24, 2.45) is 12.0 Å². The Morgan fingerprint density at radius 3 is 2.64 bits per heavy atom. The molecule has 0 spiro atoms. The molecule has 1 amide bonds. The van der Waals surface area contributed by atoms with Crippen LogP contribution in [0.4, 0.5) is 0 Å². The molecule has 3 aromatic rings. The summed E-state index contributed by atoms with van der Waals surface area (Å²) in [5, 5.41) is 2.66. The van der Waals surface area contributed by atoms with E-state index in [1.54, 1.807) is 12.1 Å². The highest BCUT2D eigenvalue weighted by molar-refractivity contribution is 7.07. The normalized spacial score (nSPS) is 11.6. The highest BCUT2D eigenvalue weighted by atomic mass is 35.5. The minimum Gasteiger partial charge on any atom is -0.319 e. The van der Waals surface area contributed by atoms with E-state index < -0.39 is 0 Å². The monoisotopic (exact) mass is 328 g/mol. The van der Waals surface area contributed by atoms with Gasteiger partial charge in [0.05, 0.1) is 5.69 Å². The fraction of sp³-hybridized carbons (Fsp3) is 0.0588. The fourth-order valence-corrected chi connectivity index (χ4v) is 3.21. The van der Waals surface area contributed by atoms with Crippen LogP contribution < -0.4 is 4.80 Å². The number of halogens is 1. The summed E-state index contributed by atoms with van der Waals surface area (Å²) < 4.78 is 1.90. The Hall–Kier alpha value is -2.17. The summed E-state index contributed by atoms with van der Waals surface area (Å²) in [5.41, 5.74) is 2.56. The maximum atomic E-state index is 12.2. The zero-order valence-corrected chi connectivity index (χ0v) is 13.4. The van der Waals surface area contributed by atoms with Gasteiger partial charge in [0.2, 0.25) is 0 Å². The molecule has 0 saturated heterocycles. The van der Waals surface area contributed by atoms with Gasteiger partial charge in [0.15, 0.2) is 4.80 Å². The van der Waals surface area contributed by atoms with Crippen molar-refractivity contribution in [2.75, 3.05) is 0 Å². The second-order valence-electron chi connectivity index (χ2n) is 4.76. The summed E-state index contributed by atoms with van der Waals surface area (Å²) in [6.45, 7) is 0. The fourth-order valence-electron chi connectivity index (χ4n) is 2.11. The Labute approximate surface area is 137 Å². The van der Waals surface area contributed by atoms with Crippen LogP contribution in [-0.4, -0.2) is 10.5 Å². The Bertz CT molecular complexity index is 881. The van der Waals surface area contributed by atoms with Gasteiger partial charge >= 0.3 is 0 Å². The van der Waals surface area contributed by atoms with Crippen molar-refractivity contribution in [1.82, 2.24) is 4.57 Å². The summed E-state index contributed by atoms with van der Waals surface area (Å²) >= 11 is 7.47. The molecular formula is C17H13ClN2OS. The molecule has 0 aliphatic heterocycles. The van der Waals surface area contributed by atoms with Crippen LogP contribution in [0.5, 0.6) is 0 Å². The lowest BCUT2D eigenvalue weighted by Gasteiger charge is -2.03. The molecule has 5 heteroatoms. The van der Waals surface area contributed by atoms with Crippen molar-refractivity contribution >= 4 is 28.8 Å². The molecule has 0 aliphatic rings. The van der Waals surface area contributed by atoms with Crippen LogP contribution in [0.15, 0.2) is 65.0 Å². The first kappa shape index (κ1) is 14.8. The van der Waals surface area contributed by atoms with E-state index in [2.05, 4.69) is 4.99 Å². The van der Waals surface area contributed by atoms with Gasteiger partial charge in [-0.2, -0.15) is 4.99 Å². The Morgan fingerprint density at radius 2 is 1.91 bits per heavy atom. The molecular weight excluding hydrogens is 316 g/mol. The van der Waals surface area contributed by atoms with Gasteiger partial charge in [0, 0.05) is 28.6 Å². The number of hydrogen-bond acceptors (Lipinski definition) is 2. The van der Waals surface area contributed by atoms with Crippen molar-refractivity contribution in [3.63, 3.8) is 0 Å². The van der Waals surface area contributed by atoms with E-state index in [1.165, 1.54) is 11.3 Å². The second-order valence-corrected chi connectivity index (χ2v) is 6.03. The SMILES string of the molecule is Cn1c(-c2cccc(Cl)c2)cs/c1=N\C(=O)c1ccccc1. The zero-order chi connectivity index (χ0) is 15.5. The highest BCUT2D eigenvalue weighted by Crippen LogP contribution is 2.22. The minimum absolute atomic E-state index is 0.240. The van der Waals surface area contributed by atoms with Gasteiger partial charge in [-0.05, 0) is 24.3 Å². The molecule has 3 rings (SSSR count). The number of carbonyl (C=O) groups is 1. The number of aromatic nitrogens is 1. The van der Waals surface area contributed by atoms with Crippen molar-refractivity contribution in [2.45, 2.75) is 0 Å². The average Bonchev–Trinajstić information content (AvgIpc) is 2.89. The van der Waals surface area contributed by atoms with Gasteiger partial charge in [-0.1, -0.05) is 41.9 Å². The number of thiazole rings is 1. The van der Waals surface area contributed by atoms with Crippen molar-refractivity contribution in [3.05, 3.63) is 75.4 Å². The largest absolute Gasteiger partial charge is 0.319 e. The van der Waals surface area contributed by atoms with Crippen molar-refractivity contribution in [3.8, 4) is 11.3 Å². The van der Waals surface area contributed by atoms with Crippen LogP contribution in [0.3, 0.4) is 0 Å². The summed E-state index contributed by atoms with van der Waals surface area (Å²) in [5.74, 6) is -0.240. The molecule has 110 valence electrons. The van der Waals surface area contributed by atoms with Gasteiger partial charge in [0.25, 0.3) is 5.91 Å². The summed E-state index contributed by atoms with van der Waals surface area (Å²) in [6.07, 6.45) is 0. The van der Waals surface area contributed by atoms with E-state index in [9.17, 15) is 4.79 Å². The third kappa shape index (κ3) is 3.03. The minimum atomic E-state index is -0.240. The maximum Gasteiger partial charge on any atom is 0.279 e. The lowest BCUT2D eigenvalue weighted by molar-refractivity contribution is 0.0998. The lowest BCUT2D eigenvalue weighted by atomic mass is 10.2. The molecule has 0 N–H and O–H groups in total. The topological polar surface area (TPSA) is 34.4 Å². The van der Waals surface area contributed by atoms with Gasteiger partial charge in [-0.25, -0.2) is 0 Å². The Morgan fingerprint density at radius 1 is 1.14 bits per heavy atom. The van der Waals surface area contributed by atoms with E-state index >= 15 is 0 Å². The standard InChI is InChI=1S/C17H13ClN2OS/c1-20-15(13-8-5-9-14(18)10-13)11-22-17(20)19-16(21)12-6-3-2-4-7-12/h2-11H,1H3/b19-17-. The first-order valence-electron chi connectivity index (χ1n) is 6.70. The number of rotatable bonds is 2. The van der Waals surface area contributed by atoms with Crippen LogP contribution in [0.2, 0.25) is 5.02 Å². The van der Waals surface area contributed by atoms with Crippen molar-refractivity contribution < 1.29 is 4.79 Å². The molecule has 3 nitrogen and oxygen atoms in total. The highest BCUT2D eigenvalue weighted by Gasteiger charge is 2.07. The summed E-state index contributed by atoms with van der Waals surface area (Å²) in [7, 11) is 1.89. The first-order valence-corrected chi connectivity index (χ1v) is 7.95. The second kappa shape index (κ2) is 6.30. The molecule has 0 radical (unpaired) electrons. The quantitative estimate of drug-likeness (QED) is 0.696. The third-order valence-electron chi connectivity index (χ3n) is 3.26. The molecule has 0 aliphatic carbocycles. The zero-order valence-electron chi connectivity index (χ0n) is 11.9. The molecule has 1 heterocycles. The summed E-state index contributed by atoms with van der Waals surface area (Å²) in [4.78, 5) is 17.0. The van der Waals surface area contributed by atoms with Crippen LogP contribution >= 0.6 is 22.9 Å². The number of benzene rings is 2. The number of hydrogen-bond donors (Lipinski definition) is 0. The van der Waals surface area contributed by atoms with Crippen molar-refractivity contribution in [1.29, 1.82) is 0 Å². The Kier molecular flexibility index (Phi) is 4.22. The molecule has 22 heavy (non-hydrogen) atoms. The number of carbonyl (C=O) groups excluding carboxylic acids is 1. The van der Waals surface area contributed by atoms with E-state index in [0.29, 0.717) is 15.4 Å². The average molecular weight is 329 g/mol. The van der Waals surface area contributed by atoms with Gasteiger partial charge < -0.3 is 4.57 Å². The number of nitrogens with zero attached hydrogens (tertiary/aromatic N) is 2. The number of amides is 1. The van der Waals surface area contributed by atoms with E-state index in [1.807, 2.05) is 59.5 Å². The van der Waals surface area contributed by atoms with Crippen LogP contribution in [0.25, 0.3) is 11.3 Å². The van der Waals surface area contributed by atoms with E-state index in [4.69, 9.17) is 11.6 Å². The van der Waals surface area contributed by atoms with Crippen LogP contribution in [-0.2, 0) is 7.05 Å². The van der Waals surface area contributed by atoms with Crippen LogP contribution in [0, 0.1) is 0 Å². The molecule has 0 atom stereocenters. The lowest BCUT2D eigenvalue weighted by Crippen LogP contribution is -2.14. The molecule has 1 aromatic heterocycles. The van der Waals surface area contributed by atoms with E-state index in [0.717, 1.165) is 11.3 Å². The molecule has 2 aromatic carbocycles. The molecule has 0 unspecified atom stereocenters. The molecule has 0 fully saturated rings. The first-order chi connectivity index (χ1) is 10.6. The predicted octanol–water partition coefficient (Wildman–Crippen LogP) is 4.15. The molecule has 0 saturated carbocycles. The van der Waals surface area contributed by atoms with Gasteiger partial charge in [-0.15, -0.1) is 11.3 Å². The summed E-state index contributed by atoms with van der Waals surface area (Å²) in [6, 6.07) is 16.7. The predicted molar refractivity (Wildman–Crippen MR) is 90.1 cm³/mol. The third-order valence-corrected chi connectivity index (χ3v) is 4.41. The molecule has 0 bridgehead atoms. The van der Waals surface area contributed by atoms with Gasteiger partial charge in [-0.3, -0.25) is 4.79 Å². The van der Waals surface area contributed by atoms with Crippen LogP contribution in [0.1, 0.15) is 10.4 Å².